The molecule has 0 aromatic heterocycles. The van der Waals surface area contributed by atoms with Crippen LogP contribution in [0, 0.1) is 10.1 Å². The summed E-state index contributed by atoms with van der Waals surface area (Å²) in [6.07, 6.45) is -4.87. The van der Waals surface area contributed by atoms with Gasteiger partial charge in [-0.2, -0.15) is 0 Å². The van der Waals surface area contributed by atoms with E-state index in [0.717, 1.165) is 12.1 Å². The first kappa shape index (κ1) is 11.8. The Morgan fingerprint density at radius 2 is 1.93 bits per heavy atom. The number of hydrogen-bond acceptors (Lipinski definition) is 3. The largest absolute Gasteiger partial charge is 0.573 e. The normalized spacial score (nSPS) is 11.2. The van der Waals surface area contributed by atoms with E-state index in [-0.39, 0.29) is 4.47 Å². The summed E-state index contributed by atoms with van der Waals surface area (Å²) in [6, 6.07) is 2.75. The molecule has 0 spiro atoms. The van der Waals surface area contributed by atoms with E-state index in [2.05, 4.69) is 20.7 Å². The van der Waals surface area contributed by atoms with Crippen LogP contribution in [0.25, 0.3) is 0 Å². The van der Waals surface area contributed by atoms with Crippen LogP contribution in [0.5, 0.6) is 5.75 Å². The highest BCUT2D eigenvalue weighted by molar-refractivity contribution is 9.10. The maximum atomic E-state index is 11.8. The van der Waals surface area contributed by atoms with Crippen LogP contribution in [-0.4, -0.2) is 11.3 Å². The first-order valence-electron chi connectivity index (χ1n) is 3.48. The minimum absolute atomic E-state index is 0.135. The van der Waals surface area contributed by atoms with E-state index in [1.165, 1.54) is 0 Å². The molecule has 0 saturated carbocycles. The molecule has 1 aromatic rings. The molecule has 0 atom stereocenters. The maximum Gasteiger partial charge on any atom is 0.573 e. The van der Waals surface area contributed by atoms with Crippen molar-refractivity contribution >= 4 is 21.6 Å². The van der Waals surface area contributed by atoms with Gasteiger partial charge in [0, 0.05) is 10.5 Å². The Balaban J connectivity index is 3.04. The summed E-state index contributed by atoms with van der Waals surface area (Å²) in [4.78, 5) is 9.51. The van der Waals surface area contributed by atoms with Crippen molar-refractivity contribution in [1.82, 2.24) is 0 Å². The maximum absolute atomic E-state index is 11.8. The lowest BCUT2D eigenvalue weighted by molar-refractivity contribution is -0.385. The quantitative estimate of drug-likeness (QED) is 0.619. The molecule has 0 saturated heterocycles. The predicted octanol–water partition coefficient (Wildman–Crippen LogP) is 3.26. The first-order valence-corrected chi connectivity index (χ1v) is 4.28. The van der Waals surface area contributed by atoms with Crippen LogP contribution in [0.1, 0.15) is 0 Å². The lowest BCUT2D eigenvalue weighted by atomic mass is 10.3. The number of nitro groups is 1. The third kappa shape index (κ3) is 3.74. The van der Waals surface area contributed by atoms with Crippen molar-refractivity contribution in [3.8, 4) is 5.75 Å². The molecular formula is C7H3BrF3NO3. The van der Waals surface area contributed by atoms with Gasteiger partial charge in [0.05, 0.1) is 11.0 Å². The molecular weight excluding hydrogens is 283 g/mol. The van der Waals surface area contributed by atoms with Crippen molar-refractivity contribution in [2.24, 2.45) is 0 Å². The zero-order valence-corrected chi connectivity index (χ0v) is 8.50. The van der Waals surface area contributed by atoms with E-state index in [0.29, 0.717) is 6.07 Å². The fourth-order valence-corrected chi connectivity index (χ4v) is 1.31. The molecule has 0 heterocycles. The SMILES string of the molecule is O=[N+]([O-])c1cc(Br)cc(OC(F)(F)F)c1. The van der Waals surface area contributed by atoms with Gasteiger partial charge in [-0.05, 0) is 6.07 Å². The summed E-state index contributed by atoms with van der Waals surface area (Å²) in [6.45, 7) is 0. The van der Waals surface area contributed by atoms with Crippen LogP contribution in [-0.2, 0) is 0 Å². The lowest BCUT2D eigenvalue weighted by Gasteiger charge is -2.08. The first-order chi connectivity index (χ1) is 6.78. The number of halogens is 4. The number of nitrogens with zero attached hydrogens (tertiary/aromatic N) is 1. The van der Waals surface area contributed by atoms with Crippen molar-refractivity contribution in [3.05, 3.63) is 32.8 Å². The number of rotatable bonds is 2. The molecule has 0 N–H and O–H groups in total. The number of hydrogen-bond donors (Lipinski definition) is 0. The van der Waals surface area contributed by atoms with Gasteiger partial charge in [-0.25, -0.2) is 0 Å². The molecule has 0 aliphatic heterocycles. The molecule has 15 heavy (non-hydrogen) atoms. The topological polar surface area (TPSA) is 52.4 Å². The summed E-state index contributed by atoms with van der Waals surface area (Å²) in [5.41, 5.74) is -0.483. The lowest BCUT2D eigenvalue weighted by Crippen LogP contribution is -2.17. The van der Waals surface area contributed by atoms with E-state index in [4.69, 9.17) is 0 Å². The Labute approximate surface area is 89.9 Å². The van der Waals surface area contributed by atoms with Gasteiger partial charge in [0.25, 0.3) is 5.69 Å². The van der Waals surface area contributed by atoms with Crippen molar-refractivity contribution in [3.63, 3.8) is 0 Å². The highest BCUT2D eigenvalue weighted by Gasteiger charge is 2.31. The van der Waals surface area contributed by atoms with Crippen LogP contribution in [0.4, 0.5) is 18.9 Å². The fourth-order valence-electron chi connectivity index (χ4n) is 0.846. The van der Waals surface area contributed by atoms with E-state index in [1.807, 2.05) is 0 Å². The van der Waals surface area contributed by atoms with E-state index >= 15 is 0 Å². The molecule has 0 bridgehead atoms. The highest BCUT2D eigenvalue weighted by atomic mass is 79.9. The average molecular weight is 286 g/mol. The van der Waals surface area contributed by atoms with Crippen LogP contribution >= 0.6 is 15.9 Å². The van der Waals surface area contributed by atoms with E-state index < -0.39 is 22.7 Å². The number of ether oxygens (including phenoxy) is 1. The van der Waals surface area contributed by atoms with Gasteiger partial charge in [0.1, 0.15) is 5.75 Å². The third-order valence-electron chi connectivity index (χ3n) is 1.30. The zero-order valence-electron chi connectivity index (χ0n) is 6.92. The molecule has 82 valence electrons. The Bertz CT molecular complexity index is 394. The molecule has 1 rings (SSSR count). The smallest absolute Gasteiger partial charge is 0.405 e. The second kappa shape index (κ2) is 4.05. The summed E-state index contributed by atoms with van der Waals surface area (Å²) in [5, 5.41) is 10.3. The van der Waals surface area contributed by atoms with Crippen LogP contribution in [0.15, 0.2) is 22.7 Å². The molecule has 0 amide bonds. The standard InChI is InChI=1S/C7H3BrF3NO3/c8-4-1-5(12(13)14)3-6(2-4)15-7(9,10)11/h1-3H. The number of non-ortho nitro benzene ring substituents is 1. The molecule has 8 heteroatoms. The molecule has 0 aliphatic rings. The molecule has 0 aliphatic carbocycles. The molecule has 4 nitrogen and oxygen atoms in total. The zero-order chi connectivity index (χ0) is 11.6. The van der Waals surface area contributed by atoms with Gasteiger partial charge in [-0.1, -0.05) is 15.9 Å². The van der Waals surface area contributed by atoms with Gasteiger partial charge in [-0.3, -0.25) is 10.1 Å². The highest BCUT2D eigenvalue weighted by Crippen LogP contribution is 2.29. The van der Waals surface area contributed by atoms with Crippen LogP contribution in [0.2, 0.25) is 0 Å². The van der Waals surface area contributed by atoms with Crippen molar-refractivity contribution < 1.29 is 22.8 Å². The average Bonchev–Trinajstić information content (AvgIpc) is 1.99. The summed E-state index contributed by atoms with van der Waals surface area (Å²) in [7, 11) is 0. The van der Waals surface area contributed by atoms with Crippen LogP contribution in [0.3, 0.4) is 0 Å². The number of nitro benzene ring substituents is 1. The van der Waals surface area contributed by atoms with Gasteiger partial charge >= 0.3 is 6.36 Å². The van der Waals surface area contributed by atoms with E-state index in [1.54, 1.807) is 0 Å². The van der Waals surface area contributed by atoms with Gasteiger partial charge in [0.2, 0.25) is 0 Å². The number of alkyl halides is 3. The second-order valence-electron chi connectivity index (χ2n) is 2.45. The van der Waals surface area contributed by atoms with Gasteiger partial charge in [-0.15, -0.1) is 13.2 Å². The minimum Gasteiger partial charge on any atom is -0.405 e. The molecule has 1 aromatic carbocycles. The third-order valence-corrected chi connectivity index (χ3v) is 1.76. The van der Waals surface area contributed by atoms with E-state index in [9.17, 15) is 23.3 Å². The Hall–Kier alpha value is -1.31. The summed E-state index contributed by atoms with van der Waals surface area (Å²) in [5.74, 6) is -0.636. The summed E-state index contributed by atoms with van der Waals surface area (Å²) < 4.78 is 39.1. The Kier molecular flexibility index (Phi) is 3.18. The minimum atomic E-state index is -4.87. The van der Waals surface area contributed by atoms with Crippen molar-refractivity contribution in [2.45, 2.75) is 6.36 Å². The van der Waals surface area contributed by atoms with Gasteiger partial charge in [0.15, 0.2) is 0 Å². The van der Waals surface area contributed by atoms with Gasteiger partial charge < -0.3 is 4.74 Å². The molecule has 0 radical (unpaired) electrons. The Morgan fingerprint density at radius 3 is 2.40 bits per heavy atom. The fraction of sp³-hybridized carbons (Fsp3) is 0.143. The Morgan fingerprint density at radius 1 is 1.33 bits per heavy atom. The summed E-state index contributed by atoms with van der Waals surface area (Å²) >= 11 is 2.84. The second-order valence-corrected chi connectivity index (χ2v) is 3.37. The molecule has 0 unspecified atom stereocenters. The molecule has 0 fully saturated rings. The van der Waals surface area contributed by atoms with Crippen LogP contribution < -0.4 is 4.74 Å². The van der Waals surface area contributed by atoms with Crippen molar-refractivity contribution in [2.75, 3.05) is 0 Å². The number of benzene rings is 1. The van der Waals surface area contributed by atoms with Crippen molar-refractivity contribution in [1.29, 1.82) is 0 Å². The monoisotopic (exact) mass is 285 g/mol. The predicted molar refractivity (Wildman–Crippen MR) is 47.5 cm³/mol.